The molecule has 0 radical (unpaired) electrons. The van der Waals surface area contributed by atoms with Crippen LogP contribution >= 0.6 is 11.8 Å². The monoisotopic (exact) mass is 282 g/mol. The molecule has 104 valence electrons. The third-order valence-electron chi connectivity index (χ3n) is 3.15. The van der Waals surface area contributed by atoms with Gasteiger partial charge in [-0.25, -0.2) is 4.79 Å². The van der Waals surface area contributed by atoms with E-state index in [1.165, 1.54) is 11.8 Å². The maximum Gasteiger partial charge on any atom is 0.337 e. The number of esters is 1. The third-order valence-corrected chi connectivity index (χ3v) is 4.09. The van der Waals surface area contributed by atoms with E-state index in [0.29, 0.717) is 28.8 Å². The molecule has 2 aliphatic rings. The summed E-state index contributed by atoms with van der Waals surface area (Å²) in [6, 6.07) is -0.186. The number of hydrogen-bond acceptors (Lipinski definition) is 5. The molecule has 5 nitrogen and oxygen atoms in total. The van der Waals surface area contributed by atoms with Crippen molar-refractivity contribution >= 4 is 28.8 Å². The van der Waals surface area contributed by atoms with Gasteiger partial charge in [0.05, 0.1) is 24.0 Å². The summed E-state index contributed by atoms with van der Waals surface area (Å²) in [6.45, 7) is 5.95. The number of amides is 1. The van der Waals surface area contributed by atoms with Crippen LogP contribution in [0, 0.1) is 0 Å². The highest BCUT2D eigenvalue weighted by molar-refractivity contribution is 8.15. The van der Waals surface area contributed by atoms with Gasteiger partial charge in [-0.05, 0) is 20.3 Å². The fourth-order valence-corrected chi connectivity index (χ4v) is 3.27. The molecule has 2 aliphatic heterocycles. The first-order chi connectivity index (χ1) is 9.10. The molecular formula is C13H18N2O3S. The Kier molecular flexibility index (Phi) is 4.29. The zero-order valence-corrected chi connectivity index (χ0v) is 12.2. The van der Waals surface area contributed by atoms with E-state index in [9.17, 15) is 9.59 Å². The number of amidine groups is 1. The molecular weight excluding hydrogens is 264 g/mol. The quantitative estimate of drug-likeness (QED) is 0.739. The molecule has 1 atom stereocenters. The summed E-state index contributed by atoms with van der Waals surface area (Å²) in [7, 11) is 0. The van der Waals surface area contributed by atoms with Crippen LogP contribution in [0.5, 0.6) is 0 Å². The van der Waals surface area contributed by atoms with Crippen molar-refractivity contribution in [1.82, 2.24) is 4.90 Å². The first-order valence-electron chi connectivity index (χ1n) is 6.51. The number of allylic oxidation sites excluding steroid dienone is 1. The largest absolute Gasteiger partial charge is 0.463 e. The minimum absolute atomic E-state index is 0.0157. The summed E-state index contributed by atoms with van der Waals surface area (Å²) in [5, 5.41) is 0.717. The minimum Gasteiger partial charge on any atom is -0.463 e. The Morgan fingerprint density at radius 3 is 2.89 bits per heavy atom. The number of thioether (sulfide) groups is 1. The van der Waals surface area contributed by atoms with Gasteiger partial charge in [-0.2, -0.15) is 0 Å². The van der Waals surface area contributed by atoms with Crippen LogP contribution in [0.15, 0.2) is 16.3 Å². The predicted octanol–water partition coefficient (Wildman–Crippen LogP) is 1.94. The van der Waals surface area contributed by atoms with Crippen LogP contribution < -0.4 is 0 Å². The van der Waals surface area contributed by atoms with E-state index in [2.05, 4.69) is 11.9 Å². The highest BCUT2D eigenvalue weighted by Gasteiger charge is 2.39. The van der Waals surface area contributed by atoms with Crippen LogP contribution in [-0.4, -0.2) is 40.3 Å². The Bertz CT molecular complexity index is 471. The van der Waals surface area contributed by atoms with Crippen molar-refractivity contribution in [3.8, 4) is 0 Å². The van der Waals surface area contributed by atoms with Gasteiger partial charge in [-0.1, -0.05) is 25.1 Å². The Morgan fingerprint density at radius 1 is 1.53 bits per heavy atom. The molecule has 0 saturated carbocycles. The van der Waals surface area contributed by atoms with Crippen LogP contribution in [0.2, 0.25) is 0 Å². The molecule has 0 N–H and O–H groups in total. The molecule has 6 heteroatoms. The molecule has 2 rings (SSSR count). The van der Waals surface area contributed by atoms with Gasteiger partial charge in [-0.15, -0.1) is 0 Å². The molecule has 2 heterocycles. The molecule has 0 aliphatic carbocycles. The lowest BCUT2D eigenvalue weighted by atomic mass is 9.99. The summed E-state index contributed by atoms with van der Waals surface area (Å²) in [4.78, 5) is 30.0. The Labute approximate surface area is 117 Å². The SMILES string of the molecule is CCCC1N=C2SCC(=O)N2C(C)=C1C(=O)OCC. The zero-order chi connectivity index (χ0) is 14.0. The standard InChI is InChI=1S/C13H18N2O3S/c1-4-6-9-11(12(17)18-5-2)8(3)15-10(16)7-19-13(15)14-9/h9H,4-7H2,1-3H3. The number of carbonyl (C=O) groups is 2. The second-order valence-electron chi connectivity index (χ2n) is 4.45. The van der Waals surface area contributed by atoms with E-state index in [1.807, 2.05) is 0 Å². The Hall–Kier alpha value is -1.30. The second-order valence-corrected chi connectivity index (χ2v) is 5.40. The van der Waals surface area contributed by atoms with Crippen molar-refractivity contribution in [2.45, 2.75) is 39.7 Å². The van der Waals surface area contributed by atoms with E-state index < -0.39 is 0 Å². The lowest BCUT2D eigenvalue weighted by molar-refractivity contribution is -0.139. The molecule has 1 fully saturated rings. The van der Waals surface area contributed by atoms with E-state index >= 15 is 0 Å². The van der Waals surface area contributed by atoms with Crippen molar-refractivity contribution in [2.24, 2.45) is 4.99 Å². The van der Waals surface area contributed by atoms with Gasteiger partial charge in [0.1, 0.15) is 0 Å². The number of fused-ring (bicyclic) bond motifs is 1. The van der Waals surface area contributed by atoms with Gasteiger partial charge < -0.3 is 4.74 Å². The van der Waals surface area contributed by atoms with Gasteiger partial charge in [0.2, 0.25) is 5.91 Å². The van der Waals surface area contributed by atoms with Crippen LogP contribution in [0.4, 0.5) is 0 Å². The molecule has 0 aromatic carbocycles. The number of ether oxygens (including phenoxy) is 1. The van der Waals surface area contributed by atoms with Gasteiger partial charge in [-0.3, -0.25) is 14.7 Å². The minimum atomic E-state index is -0.356. The fraction of sp³-hybridized carbons (Fsp3) is 0.615. The molecule has 19 heavy (non-hydrogen) atoms. The van der Waals surface area contributed by atoms with Crippen molar-refractivity contribution in [3.63, 3.8) is 0 Å². The maximum atomic E-state index is 12.1. The molecule has 1 amide bonds. The van der Waals surface area contributed by atoms with Gasteiger partial charge in [0.25, 0.3) is 0 Å². The van der Waals surface area contributed by atoms with Crippen LogP contribution in [0.25, 0.3) is 0 Å². The van der Waals surface area contributed by atoms with Crippen molar-refractivity contribution in [3.05, 3.63) is 11.3 Å². The molecule has 0 aromatic rings. The maximum absolute atomic E-state index is 12.1. The molecule has 1 saturated heterocycles. The first kappa shape index (κ1) is 14.1. The zero-order valence-electron chi connectivity index (χ0n) is 11.4. The fourth-order valence-electron chi connectivity index (χ4n) is 2.32. The lowest BCUT2D eigenvalue weighted by Crippen LogP contribution is -2.37. The highest BCUT2D eigenvalue weighted by atomic mass is 32.2. The van der Waals surface area contributed by atoms with Crippen LogP contribution in [0.3, 0.4) is 0 Å². The molecule has 0 aromatic heterocycles. The van der Waals surface area contributed by atoms with E-state index in [0.717, 1.165) is 12.8 Å². The molecule has 1 unspecified atom stereocenters. The topological polar surface area (TPSA) is 59.0 Å². The van der Waals surface area contributed by atoms with Gasteiger partial charge >= 0.3 is 5.97 Å². The van der Waals surface area contributed by atoms with Crippen molar-refractivity contribution in [2.75, 3.05) is 12.4 Å². The smallest absolute Gasteiger partial charge is 0.337 e. The van der Waals surface area contributed by atoms with E-state index in [-0.39, 0.29) is 17.9 Å². The van der Waals surface area contributed by atoms with Gasteiger partial charge in [0.15, 0.2) is 5.17 Å². The van der Waals surface area contributed by atoms with Crippen molar-refractivity contribution in [1.29, 1.82) is 0 Å². The lowest BCUT2D eigenvalue weighted by Gasteiger charge is -2.28. The molecule has 0 bridgehead atoms. The van der Waals surface area contributed by atoms with E-state index in [1.54, 1.807) is 18.7 Å². The summed E-state index contributed by atoms with van der Waals surface area (Å²) in [6.07, 6.45) is 1.72. The first-order valence-corrected chi connectivity index (χ1v) is 7.50. The predicted molar refractivity (Wildman–Crippen MR) is 74.8 cm³/mol. The number of carbonyl (C=O) groups excluding carboxylic acids is 2. The molecule has 0 spiro atoms. The van der Waals surface area contributed by atoms with Crippen molar-refractivity contribution < 1.29 is 14.3 Å². The average molecular weight is 282 g/mol. The van der Waals surface area contributed by atoms with Crippen LogP contribution in [0.1, 0.15) is 33.6 Å². The van der Waals surface area contributed by atoms with Gasteiger partial charge in [0, 0.05) is 5.70 Å². The summed E-state index contributed by atoms with van der Waals surface area (Å²) >= 11 is 1.43. The van der Waals surface area contributed by atoms with E-state index in [4.69, 9.17) is 4.74 Å². The average Bonchev–Trinajstić information content (AvgIpc) is 2.72. The van der Waals surface area contributed by atoms with Crippen LogP contribution in [-0.2, 0) is 14.3 Å². The summed E-state index contributed by atoms with van der Waals surface area (Å²) in [5.41, 5.74) is 1.21. The summed E-state index contributed by atoms with van der Waals surface area (Å²) < 4.78 is 5.10. The number of rotatable bonds is 4. The second kappa shape index (κ2) is 5.77. The normalized spacial score (nSPS) is 22.5. The number of aliphatic imine (C=N–C) groups is 1. The Morgan fingerprint density at radius 2 is 2.26 bits per heavy atom. The number of nitrogens with zero attached hydrogens (tertiary/aromatic N) is 2. The number of hydrogen-bond donors (Lipinski definition) is 0. The summed E-state index contributed by atoms with van der Waals surface area (Å²) in [5.74, 6) is 0.0226. The highest BCUT2D eigenvalue weighted by Crippen LogP contribution is 2.33. The third kappa shape index (κ3) is 2.54. The Balaban J connectivity index is 2.39.